The van der Waals surface area contributed by atoms with E-state index in [0.717, 1.165) is 49.0 Å². The van der Waals surface area contributed by atoms with Crippen molar-refractivity contribution in [3.8, 4) is 0 Å². The summed E-state index contributed by atoms with van der Waals surface area (Å²) in [5.74, 6) is 0. The van der Waals surface area contributed by atoms with Crippen LogP contribution in [-0.4, -0.2) is 36.3 Å². The summed E-state index contributed by atoms with van der Waals surface area (Å²) in [5, 5.41) is 5.31. The van der Waals surface area contributed by atoms with Gasteiger partial charge in [-0.05, 0) is 47.7 Å². The van der Waals surface area contributed by atoms with Crippen molar-refractivity contribution < 1.29 is 4.74 Å². The summed E-state index contributed by atoms with van der Waals surface area (Å²) in [6.45, 7) is 3.33. The summed E-state index contributed by atoms with van der Waals surface area (Å²) in [4.78, 5) is 20.0. The van der Waals surface area contributed by atoms with E-state index in [0.29, 0.717) is 0 Å². The molecule has 1 aromatic heterocycles. The van der Waals surface area contributed by atoms with Gasteiger partial charge in [0.2, 0.25) is 0 Å². The van der Waals surface area contributed by atoms with Crippen molar-refractivity contribution in [3.05, 3.63) is 51.8 Å². The first-order valence-electron chi connectivity index (χ1n) is 8.16. The number of rotatable bonds is 3. The zero-order valence-corrected chi connectivity index (χ0v) is 13.9. The second kappa shape index (κ2) is 5.60. The molecule has 0 unspecified atom stereocenters. The molecule has 1 aliphatic heterocycles. The van der Waals surface area contributed by atoms with Crippen molar-refractivity contribution in [3.63, 3.8) is 0 Å². The number of ether oxygens (including phenoxy) is 1. The van der Waals surface area contributed by atoms with E-state index < -0.39 is 0 Å². The van der Waals surface area contributed by atoms with Crippen molar-refractivity contribution in [2.24, 2.45) is 0 Å². The lowest BCUT2D eigenvalue weighted by Gasteiger charge is -2.26. The highest BCUT2D eigenvalue weighted by atomic mass is 32.2. The predicted octanol–water partition coefficient (Wildman–Crippen LogP) is 2.43. The molecule has 3 aromatic rings. The Morgan fingerprint density at radius 3 is 2.88 bits per heavy atom. The number of hydrogen-bond acceptors (Lipinski definition) is 5. The zero-order chi connectivity index (χ0) is 16.1. The molecule has 2 heterocycles. The lowest BCUT2D eigenvalue weighted by Crippen LogP contribution is -2.42. The van der Waals surface area contributed by atoms with Crippen molar-refractivity contribution >= 4 is 33.6 Å². The zero-order valence-electron chi connectivity index (χ0n) is 13.1. The van der Waals surface area contributed by atoms with Crippen LogP contribution < -0.4 is 10.4 Å². The van der Waals surface area contributed by atoms with Gasteiger partial charge in [-0.3, -0.25) is 4.79 Å². The molecule has 1 aliphatic carbocycles. The molecule has 2 aliphatic rings. The maximum Gasteiger partial charge on any atom is 0.256 e. The smallest absolute Gasteiger partial charge is 0.256 e. The third-order valence-electron chi connectivity index (χ3n) is 4.83. The molecule has 0 amide bonds. The van der Waals surface area contributed by atoms with Gasteiger partial charge >= 0.3 is 0 Å². The number of H-pyrrole nitrogens is 1. The topological polar surface area (TPSA) is 57.4 Å². The molecular formula is C18H17N3O2S. The maximum absolute atomic E-state index is 12.3. The van der Waals surface area contributed by atoms with Crippen LogP contribution in [0.15, 0.2) is 40.0 Å². The van der Waals surface area contributed by atoms with Crippen molar-refractivity contribution in [2.45, 2.75) is 11.3 Å². The quantitative estimate of drug-likeness (QED) is 0.443. The van der Waals surface area contributed by atoms with Crippen LogP contribution >= 0.6 is 11.9 Å². The molecular weight excluding hydrogens is 322 g/mol. The van der Waals surface area contributed by atoms with E-state index in [2.05, 4.69) is 27.0 Å². The summed E-state index contributed by atoms with van der Waals surface area (Å²) in [6.07, 6.45) is 0.883. The van der Waals surface area contributed by atoms with Crippen LogP contribution in [0, 0.1) is 0 Å². The minimum atomic E-state index is -0.000884. The molecule has 1 saturated heterocycles. The largest absolute Gasteiger partial charge is 0.379 e. The van der Waals surface area contributed by atoms with Crippen molar-refractivity contribution in [1.29, 1.82) is 0 Å². The molecule has 0 bridgehead atoms. The van der Waals surface area contributed by atoms with E-state index in [4.69, 9.17) is 4.74 Å². The Labute approximate surface area is 143 Å². The number of nitrogens with zero attached hydrogens (tertiary/aromatic N) is 1. The highest BCUT2D eigenvalue weighted by Crippen LogP contribution is 2.40. The molecule has 5 rings (SSSR count). The first kappa shape index (κ1) is 14.5. The predicted molar refractivity (Wildman–Crippen MR) is 96.3 cm³/mol. The molecule has 122 valence electrons. The SMILES string of the molecule is O=c1[nH]c2ccc(SNN3CCOCC3)c3c2c2c(cccc12)C3. The summed E-state index contributed by atoms with van der Waals surface area (Å²) in [5.41, 5.74) is 3.49. The standard InChI is InChI=1S/C18H17N3O2S/c22-18-12-3-1-2-11-10-13-15(24-20-21-6-8-23-9-7-21)5-4-14(19-18)17(13)16(11)12/h1-5,20H,6-10H2,(H,19,22). The van der Waals surface area contributed by atoms with Crippen LogP contribution in [0.3, 0.4) is 0 Å². The van der Waals surface area contributed by atoms with Gasteiger partial charge in [-0.2, -0.15) is 4.83 Å². The lowest BCUT2D eigenvalue weighted by atomic mass is 10.1. The molecule has 0 spiro atoms. The highest BCUT2D eigenvalue weighted by molar-refractivity contribution is 7.97. The number of morpholine rings is 1. The molecule has 1 fully saturated rings. The third-order valence-corrected chi connectivity index (χ3v) is 5.78. The Kier molecular flexibility index (Phi) is 3.38. The Hall–Kier alpha value is -1.86. The summed E-state index contributed by atoms with van der Waals surface area (Å²) in [6, 6.07) is 10.1. The number of benzene rings is 2. The molecule has 2 N–H and O–H groups in total. The maximum atomic E-state index is 12.3. The van der Waals surface area contributed by atoms with Crippen LogP contribution in [0.5, 0.6) is 0 Å². The summed E-state index contributed by atoms with van der Waals surface area (Å²) in [7, 11) is 0. The molecule has 0 saturated carbocycles. The Morgan fingerprint density at radius 2 is 2.00 bits per heavy atom. The fourth-order valence-corrected chi connectivity index (χ4v) is 4.51. The minimum Gasteiger partial charge on any atom is -0.379 e. The highest BCUT2D eigenvalue weighted by Gasteiger charge is 2.22. The monoisotopic (exact) mass is 339 g/mol. The van der Waals surface area contributed by atoms with Crippen LogP contribution in [0.1, 0.15) is 11.1 Å². The Morgan fingerprint density at radius 1 is 1.12 bits per heavy atom. The fraction of sp³-hybridized carbons (Fsp3) is 0.278. The lowest BCUT2D eigenvalue weighted by molar-refractivity contribution is 0.0290. The van der Waals surface area contributed by atoms with E-state index in [-0.39, 0.29) is 5.56 Å². The first-order chi connectivity index (χ1) is 11.8. The van der Waals surface area contributed by atoms with Crippen molar-refractivity contribution in [1.82, 2.24) is 14.8 Å². The van der Waals surface area contributed by atoms with Gasteiger partial charge in [0, 0.05) is 39.7 Å². The summed E-state index contributed by atoms with van der Waals surface area (Å²) < 4.78 is 5.38. The molecule has 0 radical (unpaired) electrons. The number of hydrogen-bond donors (Lipinski definition) is 2. The normalized spacial score (nSPS) is 17.3. The molecule has 5 nitrogen and oxygen atoms in total. The van der Waals surface area contributed by atoms with Gasteiger partial charge in [0.05, 0.1) is 13.2 Å². The van der Waals surface area contributed by atoms with Gasteiger partial charge in [-0.15, -0.1) is 0 Å². The number of pyridine rings is 1. The van der Waals surface area contributed by atoms with E-state index in [1.807, 2.05) is 18.2 Å². The van der Waals surface area contributed by atoms with Gasteiger partial charge in [0.15, 0.2) is 0 Å². The fourth-order valence-electron chi connectivity index (χ4n) is 3.67. The average molecular weight is 339 g/mol. The van der Waals surface area contributed by atoms with Gasteiger partial charge in [0.1, 0.15) is 0 Å². The van der Waals surface area contributed by atoms with Gasteiger partial charge in [-0.1, -0.05) is 12.1 Å². The number of aromatic amines is 1. The number of aromatic nitrogens is 1. The second-order valence-electron chi connectivity index (χ2n) is 6.23. The van der Waals surface area contributed by atoms with Crippen LogP contribution in [0.2, 0.25) is 0 Å². The van der Waals surface area contributed by atoms with Crippen LogP contribution in [0.25, 0.3) is 21.7 Å². The Bertz CT molecular complexity index is 1010. The van der Waals surface area contributed by atoms with Crippen molar-refractivity contribution in [2.75, 3.05) is 26.3 Å². The van der Waals surface area contributed by atoms with Gasteiger partial charge in [0.25, 0.3) is 5.56 Å². The molecule has 2 aromatic carbocycles. The molecule has 6 heteroatoms. The third kappa shape index (κ3) is 2.18. The Balaban J connectivity index is 1.58. The van der Waals surface area contributed by atoms with E-state index in [1.165, 1.54) is 21.4 Å². The second-order valence-corrected chi connectivity index (χ2v) is 7.05. The first-order valence-corrected chi connectivity index (χ1v) is 8.97. The van der Waals surface area contributed by atoms with Gasteiger partial charge in [-0.25, -0.2) is 5.01 Å². The van der Waals surface area contributed by atoms with E-state index >= 15 is 0 Å². The number of nitrogens with one attached hydrogen (secondary N) is 2. The molecule has 24 heavy (non-hydrogen) atoms. The van der Waals surface area contributed by atoms with E-state index in [9.17, 15) is 4.79 Å². The average Bonchev–Trinajstić information content (AvgIpc) is 3.01. The van der Waals surface area contributed by atoms with Gasteiger partial charge < -0.3 is 9.72 Å². The van der Waals surface area contributed by atoms with Crippen LogP contribution in [0.4, 0.5) is 0 Å². The number of hydrazine groups is 1. The van der Waals surface area contributed by atoms with E-state index in [1.54, 1.807) is 11.9 Å². The minimum absolute atomic E-state index is 0.000884. The van der Waals surface area contributed by atoms with Crippen LogP contribution in [-0.2, 0) is 11.2 Å². The molecule has 0 atom stereocenters. The summed E-state index contributed by atoms with van der Waals surface area (Å²) >= 11 is 1.65.